The summed E-state index contributed by atoms with van der Waals surface area (Å²) >= 11 is 0. The number of ether oxygens (including phenoxy) is 2. The second-order valence-corrected chi connectivity index (χ2v) is 9.03. The maximum absolute atomic E-state index is 12.9. The molecule has 2 aromatic rings. The van der Waals surface area contributed by atoms with Gasteiger partial charge in [0.05, 0.1) is 30.8 Å². The van der Waals surface area contributed by atoms with E-state index >= 15 is 0 Å². The minimum absolute atomic E-state index is 0.0477. The molecule has 1 saturated heterocycles. The topological polar surface area (TPSA) is 84.9 Å². The highest BCUT2D eigenvalue weighted by Gasteiger charge is 2.25. The number of rotatable bonds is 8. The quantitative estimate of drug-likeness (QED) is 0.693. The lowest BCUT2D eigenvalue weighted by molar-refractivity contribution is 0.0300. The zero-order chi connectivity index (χ0) is 21.6. The number of morpholine rings is 1. The summed E-state index contributed by atoms with van der Waals surface area (Å²) in [5.74, 6) is 0.0897. The van der Waals surface area contributed by atoms with Crippen molar-refractivity contribution in [3.63, 3.8) is 0 Å². The number of amides is 1. The number of hydrogen-bond donors (Lipinski definition) is 1. The Morgan fingerprint density at radius 2 is 1.87 bits per heavy atom. The second-order valence-electron chi connectivity index (χ2n) is 7.31. The maximum Gasteiger partial charge on any atom is 0.257 e. The van der Waals surface area contributed by atoms with Gasteiger partial charge in [0.25, 0.3) is 5.91 Å². The Morgan fingerprint density at radius 3 is 2.53 bits per heavy atom. The predicted molar refractivity (Wildman–Crippen MR) is 114 cm³/mol. The molecule has 8 heteroatoms. The van der Waals surface area contributed by atoms with Gasteiger partial charge in [-0.1, -0.05) is 30.3 Å². The summed E-state index contributed by atoms with van der Waals surface area (Å²) in [6.07, 6.45) is 1.44. The van der Waals surface area contributed by atoms with Crippen LogP contribution >= 0.6 is 0 Å². The van der Waals surface area contributed by atoms with Gasteiger partial charge in [-0.25, -0.2) is 13.1 Å². The number of sulfonamides is 1. The Labute approximate surface area is 178 Å². The normalized spacial score (nSPS) is 15.6. The highest BCUT2D eigenvalue weighted by Crippen LogP contribution is 2.25. The van der Waals surface area contributed by atoms with Crippen molar-refractivity contribution in [3.05, 3.63) is 59.7 Å². The number of carbonyl (C=O) groups is 1. The molecule has 162 valence electrons. The van der Waals surface area contributed by atoms with Gasteiger partial charge in [0.2, 0.25) is 10.0 Å². The van der Waals surface area contributed by atoms with E-state index in [1.54, 1.807) is 4.90 Å². The summed E-state index contributed by atoms with van der Waals surface area (Å²) in [6, 6.07) is 14.1. The third kappa shape index (κ3) is 5.59. The molecule has 7 nitrogen and oxygen atoms in total. The van der Waals surface area contributed by atoms with Crippen molar-refractivity contribution in [2.24, 2.45) is 0 Å². The van der Waals surface area contributed by atoms with Crippen LogP contribution in [0.15, 0.2) is 53.4 Å². The Balaban J connectivity index is 1.73. The lowest BCUT2D eigenvalue weighted by atomic mass is 10.1. The summed E-state index contributed by atoms with van der Waals surface area (Å²) in [6.45, 7) is 3.70. The highest BCUT2D eigenvalue weighted by atomic mass is 32.2. The van der Waals surface area contributed by atoms with Crippen LogP contribution in [0.1, 0.15) is 29.3 Å². The fourth-order valence-electron chi connectivity index (χ4n) is 3.38. The number of methoxy groups -OCH3 is 1. The van der Waals surface area contributed by atoms with Crippen LogP contribution < -0.4 is 9.46 Å². The first-order chi connectivity index (χ1) is 14.4. The minimum Gasteiger partial charge on any atom is -0.496 e. The van der Waals surface area contributed by atoms with E-state index in [4.69, 9.17) is 9.47 Å². The molecule has 0 aromatic heterocycles. The molecule has 1 aliphatic rings. The molecule has 1 amide bonds. The van der Waals surface area contributed by atoms with Gasteiger partial charge in [-0.2, -0.15) is 0 Å². The molecule has 0 aliphatic carbocycles. The van der Waals surface area contributed by atoms with E-state index in [2.05, 4.69) is 4.72 Å². The summed E-state index contributed by atoms with van der Waals surface area (Å²) in [7, 11) is -2.31. The van der Waals surface area contributed by atoms with Crippen LogP contribution in [0.4, 0.5) is 0 Å². The van der Waals surface area contributed by atoms with Crippen LogP contribution in [0.2, 0.25) is 0 Å². The van der Waals surface area contributed by atoms with Gasteiger partial charge in [0.1, 0.15) is 5.75 Å². The SMILES string of the molecule is COc1ccc(S(=O)(=O)N[C@H](C)CCc2ccccc2)cc1C(=O)N1CCOCC1. The van der Waals surface area contributed by atoms with Crippen molar-refractivity contribution in [2.45, 2.75) is 30.7 Å². The van der Waals surface area contributed by atoms with Gasteiger partial charge in [-0.3, -0.25) is 4.79 Å². The fourth-order valence-corrected chi connectivity index (χ4v) is 4.68. The second kappa shape index (κ2) is 10.1. The molecular weight excluding hydrogens is 404 g/mol. The summed E-state index contributed by atoms with van der Waals surface area (Å²) < 4.78 is 39.1. The van der Waals surface area contributed by atoms with Crippen LogP contribution in [-0.2, 0) is 21.2 Å². The monoisotopic (exact) mass is 432 g/mol. The molecule has 1 heterocycles. The Bertz CT molecular complexity index is 957. The molecule has 1 atom stereocenters. The standard InChI is InChI=1S/C22H28N2O5S/c1-17(8-9-18-6-4-3-5-7-18)23-30(26,27)19-10-11-21(28-2)20(16-19)22(25)24-12-14-29-15-13-24/h3-7,10-11,16-17,23H,8-9,12-15H2,1-2H3/t17-/m1/s1. The number of carbonyl (C=O) groups excluding carboxylic acids is 1. The first kappa shape index (κ1) is 22.3. The maximum atomic E-state index is 12.9. The van der Waals surface area contributed by atoms with Gasteiger partial charge in [0.15, 0.2) is 0 Å². The molecule has 30 heavy (non-hydrogen) atoms. The van der Waals surface area contributed by atoms with Gasteiger partial charge in [-0.15, -0.1) is 0 Å². The first-order valence-electron chi connectivity index (χ1n) is 10.0. The number of nitrogens with zero attached hydrogens (tertiary/aromatic N) is 1. The van der Waals surface area contributed by atoms with E-state index in [-0.39, 0.29) is 22.4 Å². The zero-order valence-electron chi connectivity index (χ0n) is 17.3. The summed E-state index contributed by atoms with van der Waals surface area (Å²) in [4.78, 5) is 14.6. The van der Waals surface area contributed by atoms with Crippen molar-refractivity contribution < 1.29 is 22.7 Å². The highest BCUT2D eigenvalue weighted by molar-refractivity contribution is 7.89. The van der Waals surface area contributed by atoms with Crippen molar-refractivity contribution in [1.29, 1.82) is 0 Å². The molecular formula is C22H28N2O5S. The van der Waals surface area contributed by atoms with E-state index in [0.717, 1.165) is 12.0 Å². The molecule has 1 N–H and O–H groups in total. The number of hydrogen-bond acceptors (Lipinski definition) is 5. The van der Waals surface area contributed by atoms with Crippen molar-refractivity contribution in [3.8, 4) is 5.75 Å². The van der Waals surface area contributed by atoms with Gasteiger partial charge < -0.3 is 14.4 Å². The summed E-state index contributed by atoms with van der Waals surface area (Å²) in [5, 5.41) is 0. The predicted octanol–water partition coefficient (Wildman–Crippen LogP) is 2.47. The van der Waals surface area contributed by atoms with Crippen molar-refractivity contribution in [2.75, 3.05) is 33.4 Å². The molecule has 1 fully saturated rings. The van der Waals surface area contributed by atoms with E-state index in [1.807, 2.05) is 37.3 Å². The molecule has 0 spiro atoms. The average Bonchev–Trinajstić information content (AvgIpc) is 2.77. The number of benzene rings is 2. The Hall–Kier alpha value is -2.42. The average molecular weight is 433 g/mol. The van der Waals surface area contributed by atoms with Crippen LogP contribution in [0.25, 0.3) is 0 Å². The fraction of sp³-hybridized carbons (Fsp3) is 0.409. The van der Waals surface area contributed by atoms with Crippen LogP contribution in [0.5, 0.6) is 5.75 Å². The van der Waals surface area contributed by atoms with Crippen LogP contribution in [-0.4, -0.2) is 58.7 Å². The molecule has 0 radical (unpaired) electrons. The van der Waals surface area contributed by atoms with Crippen molar-refractivity contribution >= 4 is 15.9 Å². The lowest BCUT2D eigenvalue weighted by Gasteiger charge is -2.27. The van der Waals surface area contributed by atoms with Gasteiger partial charge in [-0.05, 0) is 43.5 Å². The number of nitrogens with one attached hydrogen (secondary N) is 1. The minimum atomic E-state index is -3.78. The van der Waals surface area contributed by atoms with E-state index in [9.17, 15) is 13.2 Å². The molecule has 0 bridgehead atoms. The lowest BCUT2D eigenvalue weighted by Crippen LogP contribution is -2.41. The molecule has 2 aromatic carbocycles. The molecule has 0 unspecified atom stereocenters. The van der Waals surface area contributed by atoms with Gasteiger partial charge >= 0.3 is 0 Å². The van der Waals surface area contributed by atoms with E-state index < -0.39 is 10.0 Å². The van der Waals surface area contributed by atoms with Crippen LogP contribution in [0.3, 0.4) is 0 Å². The van der Waals surface area contributed by atoms with Crippen LogP contribution in [0, 0.1) is 0 Å². The third-order valence-corrected chi connectivity index (χ3v) is 6.66. The van der Waals surface area contributed by atoms with E-state index in [0.29, 0.717) is 38.5 Å². The smallest absolute Gasteiger partial charge is 0.257 e. The Morgan fingerprint density at radius 1 is 1.17 bits per heavy atom. The zero-order valence-corrected chi connectivity index (χ0v) is 18.2. The molecule has 0 saturated carbocycles. The van der Waals surface area contributed by atoms with E-state index in [1.165, 1.54) is 25.3 Å². The number of aryl methyl sites for hydroxylation is 1. The first-order valence-corrected chi connectivity index (χ1v) is 11.5. The van der Waals surface area contributed by atoms with Gasteiger partial charge in [0, 0.05) is 19.1 Å². The van der Waals surface area contributed by atoms with Crippen molar-refractivity contribution in [1.82, 2.24) is 9.62 Å². The summed E-state index contributed by atoms with van der Waals surface area (Å²) in [5.41, 5.74) is 1.39. The molecule has 1 aliphatic heterocycles. The third-order valence-electron chi connectivity index (χ3n) is 5.08. The largest absolute Gasteiger partial charge is 0.496 e. The Kier molecular flexibility index (Phi) is 7.47. The molecule has 3 rings (SSSR count).